The zero-order valence-corrected chi connectivity index (χ0v) is 17.7. The molecule has 1 fully saturated rings. The van der Waals surface area contributed by atoms with Crippen LogP contribution in [0.5, 0.6) is 11.5 Å². The van der Waals surface area contributed by atoms with E-state index in [-0.39, 0.29) is 16.4 Å². The quantitative estimate of drug-likeness (QED) is 0.261. The van der Waals surface area contributed by atoms with E-state index in [1.165, 1.54) is 0 Å². The number of benzene rings is 2. The molecule has 0 bridgehead atoms. The zero-order chi connectivity index (χ0) is 22.9. The Morgan fingerprint density at radius 2 is 1.62 bits per heavy atom. The minimum atomic E-state index is -4.81. The SMILES string of the molecule is O=C1NC(=S)N(c2ccc(Oc3ccccc3)cc2)C(=O)/C1=C/c1ccc(S(=O)(=O)[O-])o1. The lowest BCUT2D eigenvalue weighted by molar-refractivity contribution is -0.122. The van der Waals surface area contributed by atoms with Gasteiger partial charge in [-0.25, -0.2) is 8.42 Å². The van der Waals surface area contributed by atoms with E-state index in [2.05, 4.69) is 5.32 Å². The molecule has 32 heavy (non-hydrogen) atoms. The van der Waals surface area contributed by atoms with Crippen LogP contribution in [0.3, 0.4) is 0 Å². The minimum Gasteiger partial charge on any atom is -0.742 e. The van der Waals surface area contributed by atoms with Crippen molar-refractivity contribution in [2.24, 2.45) is 0 Å². The van der Waals surface area contributed by atoms with Crippen LogP contribution in [0.15, 0.2) is 81.8 Å². The Labute approximate surface area is 187 Å². The average molecular weight is 469 g/mol. The highest BCUT2D eigenvalue weighted by Crippen LogP contribution is 2.27. The molecule has 0 aliphatic carbocycles. The summed E-state index contributed by atoms with van der Waals surface area (Å²) < 4.78 is 43.7. The molecule has 0 saturated carbocycles. The van der Waals surface area contributed by atoms with Crippen LogP contribution in [0.2, 0.25) is 0 Å². The molecule has 1 aromatic heterocycles. The topological polar surface area (TPSA) is 129 Å². The number of amides is 2. The summed E-state index contributed by atoms with van der Waals surface area (Å²) in [6.07, 6.45) is 1.04. The summed E-state index contributed by atoms with van der Waals surface area (Å²) in [5, 5.41) is 1.44. The zero-order valence-electron chi connectivity index (χ0n) is 16.0. The molecule has 4 rings (SSSR count). The van der Waals surface area contributed by atoms with Gasteiger partial charge in [0, 0.05) is 0 Å². The summed E-state index contributed by atoms with van der Waals surface area (Å²) in [4.78, 5) is 26.4. The molecule has 0 unspecified atom stereocenters. The lowest BCUT2D eigenvalue weighted by atomic mass is 10.1. The fourth-order valence-corrected chi connectivity index (χ4v) is 3.58. The van der Waals surface area contributed by atoms with Crippen LogP contribution in [0.4, 0.5) is 5.69 Å². The van der Waals surface area contributed by atoms with E-state index in [9.17, 15) is 22.6 Å². The second-order valence-corrected chi connectivity index (χ2v) is 8.18. The minimum absolute atomic E-state index is 0.129. The summed E-state index contributed by atoms with van der Waals surface area (Å²) in [6, 6.07) is 17.7. The molecular formula is C21H13N2O7S2-. The third-order valence-electron chi connectivity index (χ3n) is 4.31. The molecule has 0 radical (unpaired) electrons. The van der Waals surface area contributed by atoms with E-state index in [0.717, 1.165) is 23.1 Å². The van der Waals surface area contributed by atoms with Crippen LogP contribution in [-0.4, -0.2) is 29.9 Å². The number of carbonyl (C=O) groups is 2. The largest absolute Gasteiger partial charge is 0.742 e. The van der Waals surface area contributed by atoms with Gasteiger partial charge in [0.2, 0.25) is 5.09 Å². The van der Waals surface area contributed by atoms with E-state index in [1.54, 1.807) is 36.4 Å². The Morgan fingerprint density at radius 1 is 0.969 bits per heavy atom. The molecule has 162 valence electrons. The van der Waals surface area contributed by atoms with Crippen molar-refractivity contribution >= 4 is 51.0 Å². The van der Waals surface area contributed by atoms with Crippen molar-refractivity contribution in [1.82, 2.24) is 5.32 Å². The number of carbonyl (C=O) groups excluding carboxylic acids is 2. The van der Waals surface area contributed by atoms with Gasteiger partial charge in [-0.15, -0.1) is 0 Å². The lowest BCUT2D eigenvalue weighted by Gasteiger charge is -2.28. The van der Waals surface area contributed by atoms with E-state index in [4.69, 9.17) is 21.4 Å². The van der Waals surface area contributed by atoms with Crippen molar-refractivity contribution in [3.8, 4) is 11.5 Å². The van der Waals surface area contributed by atoms with E-state index >= 15 is 0 Å². The molecule has 9 nitrogen and oxygen atoms in total. The smallest absolute Gasteiger partial charge is 0.270 e. The fourth-order valence-electron chi connectivity index (χ4n) is 2.87. The van der Waals surface area contributed by atoms with Gasteiger partial charge < -0.3 is 13.7 Å². The number of nitrogens with zero attached hydrogens (tertiary/aromatic N) is 1. The lowest BCUT2D eigenvalue weighted by Crippen LogP contribution is -2.54. The highest BCUT2D eigenvalue weighted by molar-refractivity contribution is 7.85. The van der Waals surface area contributed by atoms with Crippen molar-refractivity contribution in [2.75, 3.05) is 4.90 Å². The number of hydrogen-bond donors (Lipinski definition) is 1. The average Bonchev–Trinajstić information content (AvgIpc) is 3.22. The van der Waals surface area contributed by atoms with E-state index in [1.807, 2.05) is 18.2 Å². The molecular weight excluding hydrogens is 456 g/mol. The monoisotopic (exact) mass is 469 g/mol. The Bertz CT molecular complexity index is 1340. The maximum Gasteiger partial charge on any atom is 0.270 e. The van der Waals surface area contributed by atoms with Gasteiger partial charge in [-0.2, -0.15) is 0 Å². The second kappa shape index (κ2) is 8.38. The van der Waals surface area contributed by atoms with E-state index in [0.29, 0.717) is 17.2 Å². The summed E-state index contributed by atoms with van der Waals surface area (Å²) in [6.45, 7) is 0. The van der Waals surface area contributed by atoms with Crippen molar-refractivity contribution in [1.29, 1.82) is 0 Å². The number of rotatable bonds is 5. The number of thiocarbonyl (C=S) groups is 1. The maximum atomic E-state index is 13.0. The Morgan fingerprint density at radius 3 is 2.25 bits per heavy atom. The van der Waals surface area contributed by atoms with Gasteiger partial charge in [-0.1, -0.05) is 18.2 Å². The molecule has 1 saturated heterocycles. The molecule has 1 aliphatic heterocycles. The maximum absolute atomic E-state index is 13.0. The fraction of sp³-hybridized carbons (Fsp3) is 0. The number of nitrogens with one attached hydrogen (secondary N) is 1. The van der Waals surface area contributed by atoms with Gasteiger partial charge in [0.1, 0.15) is 22.8 Å². The van der Waals surface area contributed by atoms with Gasteiger partial charge in [0.15, 0.2) is 15.2 Å². The highest BCUT2D eigenvalue weighted by atomic mass is 32.2. The van der Waals surface area contributed by atoms with Crippen LogP contribution in [-0.2, 0) is 19.7 Å². The number of furan rings is 1. The van der Waals surface area contributed by atoms with E-state index < -0.39 is 27.0 Å². The second-order valence-electron chi connectivity index (χ2n) is 6.48. The molecule has 2 aromatic carbocycles. The molecule has 2 amide bonds. The standard InChI is InChI=1S/C21H14N2O7S2/c24-19-17(12-16-10-11-18(30-16)32(26,27)28)20(25)23(21(31)22-19)13-6-8-15(9-7-13)29-14-4-2-1-3-5-14/h1-12H,(H,22,24,31)(H,26,27,28)/p-1/b17-12+. The van der Waals surface area contributed by atoms with Crippen LogP contribution >= 0.6 is 12.2 Å². The Hall–Kier alpha value is -3.80. The van der Waals surface area contributed by atoms with Gasteiger partial charge in [-0.05, 0) is 66.8 Å². The Kier molecular flexibility index (Phi) is 5.61. The number of ether oxygens (including phenoxy) is 1. The van der Waals surface area contributed by atoms with Crippen molar-refractivity contribution in [3.63, 3.8) is 0 Å². The van der Waals surface area contributed by atoms with Crippen LogP contribution in [0, 0.1) is 0 Å². The molecule has 11 heteroatoms. The first-order valence-electron chi connectivity index (χ1n) is 9.02. The number of para-hydroxylation sites is 1. The summed E-state index contributed by atoms with van der Waals surface area (Å²) in [7, 11) is -4.81. The molecule has 3 aromatic rings. The van der Waals surface area contributed by atoms with Crippen LogP contribution in [0.25, 0.3) is 6.08 Å². The van der Waals surface area contributed by atoms with Gasteiger partial charge in [0.25, 0.3) is 11.8 Å². The molecule has 1 N–H and O–H groups in total. The number of hydrogen-bond acceptors (Lipinski definition) is 8. The summed E-state index contributed by atoms with van der Waals surface area (Å²) >= 11 is 5.14. The van der Waals surface area contributed by atoms with Crippen LogP contribution in [0.1, 0.15) is 5.76 Å². The predicted octanol–water partition coefficient (Wildman–Crippen LogP) is 2.81. The van der Waals surface area contributed by atoms with Crippen LogP contribution < -0.4 is 15.0 Å². The summed E-state index contributed by atoms with van der Waals surface area (Å²) in [5.41, 5.74) is 0.0148. The molecule has 1 aliphatic rings. The highest BCUT2D eigenvalue weighted by Gasteiger charge is 2.34. The molecule has 0 atom stereocenters. The third kappa shape index (κ3) is 4.44. The van der Waals surface area contributed by atoms with Gasteiger partial charge >= 0.3 is 0 Å². The Balaban J connectivity index is 1.60. The van der Waals surface area contributed by atoms with Crippen molar-refractivity contribution in [2.45, 2.75) is 5.09 Å². The molecule has 0 spiro atoms. The third-order valence-corrected chi connectivity index (χ3v) is 5.31. The number of anilines is 1. The molecule has 2 heterocycles. The van der Waals surface area contributed by atoms with Crippen molar-refractivity contribution in [3.05, 3.63) is 78.1 Å². The van der Waals surface area contributed by atoms with Gasteiger partial charge in [0.05, 0.1) is 5.69 Å². The first-order valence-corrected chi connectivity index (χ1v) is 10.8. The van der Waals surface area contributed by atoms with Crippen molar-refractivity contribution < 1.29 is 31.7 Å². The first kappa shape index (κ1) is 21.4. The first-order chi connectivity index (χ1) is 15.2. The predicted molar refractivity (Wildman–Crippen MR) is 116 cm³/mol. The normalized spacial score (nSPS) is 15.7. The van der Waals surface area contributed by atoms with Gasteiger partial charge in [-0.3, -0.25) is 19.8 Å². The summed E-state index contributed by atoms with van der Waals surface area (Å²) in [5.74, 6) is -0.531.